The second-order valence-electron chi connectivity index (χ2n) is 9.38. The Kier molecular flexibility index (Phi) is 4.85. The molecule has 1 aromatic rings. The second-order valence-corrected chi connectivity index (χ2v) is 9.38. The summed E-state index contributed by atoms with van der Waals surface area (Å²) in [6.45, 7) is 6.19. The number of nitrogens with zero attached hydrogens (tertiary/aromatic N) is 3. The van der Waals surface area contributed by atoms with Crippen molar-refractivity contribution in [3.8, 4) is 0 Å². The first kappa shape index (κ1) is 19.8. The first-order valence-electron chi connectivity index (χ1n) is 10.3. The van der Waals surface area contributed by atoms with Crippen molar-refractivity contribution >= 4 is 23.5 Å². The molecule has 4 atom stereocenters. The molecule has 4 rings (SSSR count). The number of anilines is 2. The Hall–Kier alpha value is -2.48. The number of nitrogens with two attached hydrogens (primary N) is 1. The topological polar surface area (TPSA) is 121 Å². The number of primary amides is 1. The predicted octanol–water partition coefficient (Wildman–Crippen LogP) is 2.00. The molecule has 2 fully saturated rings. The van der Waals surface area contributed by atoms with E-state index in [1.54, 1.807) is 0 Å². The van der Waals surface area contributed by atoms with E-state index >= 15 is 0 Å². The molecule has 0 bridgehead atoms. The van der Waals surface area contributed by atoms with Crippen molar-refractivity contribution < 1.29 is 14.7 Å². The Morgan fingerprint density at radius 3 is 2.79 bits per heavy atom. The molecule has 2 heterocycles. The zero-order valence-corrected chi connectivity index (χ0v) is 17.2. The summed E-state index contributed by atoms with van der Waals surface area (Å²) >= 11 is 0. The molecule has 0 spiro atoms. The van der Waals surface area contributed by atoms with E-state index in [2.05, 4.69) is 29.1 Å². The highest BCUT2D eigenvalue weighted by molar-refractivity contribution is 5.97. The first-order valence-corrected chi connectivity index (χ1v) is 10.3. The largest absolute Gasteiger partial charge is 0.391 e. The highest BCUT2D eigenvalue weighted by atomic mass is 16.3. The van der Waals surface area contributed by atoms with E-state index in [0.717, 1.165) is 31.3 Å². The molecule has 1 amide bonds. The van der Waals surface area contributed by atoms with Gasteiger partial charge in [0.1, 0.15) is 11.6 Å². The van der Waals surface area contributed by atoms with Crippen molar-refractivity contribution in [3.05, 3.63) is 23.5 Å². The Bertz CT molecular complexity index is 881. The van der Waals surface area contributed by atoms with Crippen LogP contribution >= 0.6 is 0 Å². The van der Waals surface area contributed by atoms with Gasteiger partial charge in [-0.1, -0.05) is 13.8 Å². The quantitative estimate of drug-likeness (QED) is 0.708. The minimum absolute atomic E-state index is 0.0319. The van der Waals surface area contributed by atoms with E-state index in [1.165, 1.54) is 6.20 Å². The van der Waals surface area contributed by atoms with Gasteiger partial charge in [-0.2, -0.15) is 4.98 Å². The molecular weight excluding hydrogens is 370 g/mol. The maximum Gasteiger partial charge on any atom is 0.254 e. The molecule has 1 aliphatic heterocycles. The van der Waals surface area contributed by atoms with Crippen LogP contribution < -0.4 is 16.0 Å². The third-order valence-corrected chi connectivity index (χ3v) is 6.41. The molecule has 2 saturated carbocycles. The van der Waals surface area contributed by atoms with Gasteiger partial charge < -0.3 is 21.1 Å². The Labute approximate surface area is 170 Å². The van der Waals surface area contributed by atoms with E-state index in [9.17, 15) is 14.7 Å². The maximum atomic E-state index is 12.7. The summed E-state index contributed by atoms with van der Waals surface area (Å²) in [5.74, 6) is 0.261. The number of amides is 1. The van der Waals surface area contributed by atoms with Crippen LogP contribution in [0.5, 0.6) is 0 Å². The molecule has 0 saturated heterocycles. The zero-order chi connectivity index (χ0) is 20.9. The van der Waals surface area contributed by atoms with E-state index < -0.39 is 12.0 Å². The summed E-state index contributed by atoms with van der Waals surface area (Å²) < 4.78 is 0. The second kappa shape index (κ2) is 7.09. The minimum atomic E-state index is -0.619. The van der Waals surface area contributed by atoms with Gasteiger partial charge in [0, 0.05) is 18.8 Å². The Balaban J connectivity index is 1.68. The summed E-state index contributed by atoms with van der Waals surface area (Å²) in [5, 5.41) is 13.4. The number of aliphatic hydroxyl groups is 1. The SMILES string of the molecule is CC1=CN(c2ncc(C(N)=O)c(NC3CCCC3O)n2)C2CC(C)(C)CC(=O)C12. The fourth-order valence-electron chi connectivity index (χ4n) is 5.04. The molecule has 4 N–H and O–H groups in total. The zero-order valence-electron chi connectivity index (χ0n) is 17.2. The van der Waals surface area contributed by atoms with Crippen LogP contribution in [-0.2, 0) is 4.79 Å². The third kappa shape index (κ3) is 3.61. The number of aromatic nitrogens is 2. The van der Waals surface area contributed by atoms with E-state index in [1.807, 2.05) is 18.0 Å². The summed E-state index contributed by atoms with van der Waals surface area (Å²) in [4.78, 5) is 35.6. The van der Waals surface area contributed by atoms with Gasteiger partial charge in [0.05, 0.1) is 29.7 Å². The van der Waals surface area contributed by atoms with Gasteiger partial charge in [-0.05, 0) is 43.6 Å². The van der Waals surface area contributed by atoms with Crippen molar-refractivity contribution in [2.75, 3.05) is 10.2 Å². The number of fused-ring (bicyclic) bond motifs is 1. The Morgan fingerprint density at radius 2 is 2.14 bits per heavy atom. The van der Waals surface area contributed by atoms with Gasteiger partial charge in [0.15, 0.2) is 0 Å². The monoisotopic (exact) mass is 399 g/mol. The highest BCUT2D eigenvalue weighted by Crippen LogP contribution is 2.45. The maximum absolute atomic E-state index is 12.7. The average Bonchev–Trinajstić information content (AvgIpc) is 3.17. The summed E-state index contributed by atoms with van der Waals surface area (Å²) in [6.07, 6.45) is 6.75. The smallest absolute Gasteiger partial charge is 0.254 e. The van der Waals surface area contributed by atoms with Crippen LogP contribution in [0.15, 0.2) is 18.0 Å². The third-order valence-electron chi connectivity index (χ3n) is 6.41. The number of nitrogens with one attached hydrogen (secondary N) is 1. The molecule has 29 heavy (non-hydrogen) atoms. The minimum Gasteiger partial charge on any atom is -0.391 e. The molecule has 156 valence electrons. The standard InChI is InChI=1S/C21H29N5O3/c1-11-10-26(14-7-21(2,3)8-16(28)17(11)14)20-23-9-12(18(22)29)19(25-20)24-13-5-4-6-15(13)27/h9-10,13-15,17,27H,4-8H2,1-3H3,(H2,22,29)(H,23,24,25). The van der Waals surface area contributed by atoms with Gasteiger partial charge in [0.2, 0.25) is 5.95 Å². The molecule has 1 aromatic heterocycles. The molecule has 8 nitrogen and oxygen atoms in total. The van der Waals surface area contributed by atoms with Crippen LogP contribution in [0.25, 0.3) is 0 Å². The number of carbonyl (C=O) groups is 2. The van der Waals surface area contributed by atoms with E-state index in [-0.39, 0.29) is 34.8 Å². The lowest BCUT2D eigenvalue weighted by Crippen LogP contribution is -2.46. The van der Waals surface area contributed by atoms with Crippen LogP contribution in [-0.4, -0.2) is 45.0 Å². The first-order chi connectivity index (χ1) is 13.7. The number of carbonyl (C=O) groups excluding carboxylic acids is 2. The van der Waals surface area contributed by atoms with Crippen molar-refractivity contribution in [3.63, 3.8) is 0 Å². The molecule has 8 heteroatoms. The number of Topliss-reactive ketones (excluding diaryl/α,β-unsaturated/α-hetero) is 1. The number of ketones is 1. The predicted molar refractivity (Wildman–Crippen MR) is 109 cm³/mol. The average molecular weight is 399 g/mol. The van der Waals surface area contributed by atoms with Gasteiger partial charge in [-0.15, -0.1) is 0 Å². The lowest BCUT2D eigenvalue weighted by molar-refractivity contribution is -0.126. The Morgan fingerprint density at radius 1 is 1.38 bits per heavy atom. The van der Waals surface area contributed by atoms with Crippen molar-refractivity contribution in [2.24, 2.45) is 17.1 Å². The lowest BCUT2D eigenvalue weighted by Gasteiger charge is -2.40. The summed E-state index contributed by atoms with van der Waals surface area (Å²) in [7, 11) is 0. The van der Waals surface area contributed by atoms with Crippen molar-refractivity contribution in [1.29, 1.82) is 0 Å². The number of rotatable bonds is 4. The molecule has 4 unspecified atom stereocenters. The normalized spacial score (nSPS) is 30.8. The van der Waals surface area contributed by atoms with Crippen LogP contribution in [0, 0.1) is 11.3 Å². The van der Waals surface area contributed by atoms with Gasteiger partial charge in [-0.3, -0.25) is 9.59 Å². The van der Waals surface area contributed by atoms with Crippen LogP contribution in [0.4, 0.5) is 11.8 Å². The van der Waals surface area contributed by atoms with E-state index in [4.69, 9.17) is 5.73 Å². The summed E-state index contributed by atoms with van der Waals surface area (Å²) in [5.41, 5.74) is 6.64. The number of hydrogen-bond acceptors (Lipinski definition) is 7. The molecule has 0 aromatic carbocycles. The molecule has 3 aliphatic rings. The number of aliphatic hydroxyl groups excluding tert-OH is 1. The fraction of sp³-hybridized carbons (Fsp3) is 0.619. The van der Waals surface area contributed by atoms with Gasteiger partial charge in [0.25, 0.3) is 5.91 Å². The van der Waals surface area contributed by atoms with Gasteiger partial charge in [-0.25, -0.2) is 4.98 Å². The molecule has 2 aliphatic carbocycles. The van der Waals surface area contributed by atoms with Crippen molar-refractivity contribution in [2.45, 2.75) is 71.1 Å². The van der Waals surface area contributed by atoms with Gasteiger partial charge >= 0.3 is 0 Å². The molecular formula is C21H29N5O3. The van der Waals surface area contributed by atoms with Crippen LogP contribution in [0.3, 0.4) is 0 Å². The lowest BCUT2D eigenvalue weighted by atomic mass is 9.68. The highest BCUT2D eigenvalue weighted by Gasteiger charge is 2.47. The molecule has 0 radical (unpaired) electrons. The van der Waals surface area contributed by atoms with E-state index in [0.29, 0.717) is 18.2 Å². The van der Waals surface area contributed by atoms with Crippen LogP contribution in [0.1, 0.15) is 63.2 Å². The summed E-state index contributed by atoms with van der Waals surface area (Å²) in [6, 6.07) is -0.203. The van der Waals surface area contributed by atoms with Crippen molar-refractivity contribution in [1.82, 2.24) is 9.97 Å². The van der Waals surface area contributed by atoms with Crippen LogP contribution in [0.2, 0.25) is 0 Å². The fourth-order valence-corrected chi connectivity index (χ4v) is 5.04. The number of hydrogen-bond donors (Lipinski definition) is 3.